The zero-order chi connectivity index (χ0) is 27.4. The third kappa shape index (κ3) is 6.62. The summed E-state index contributed by atoms with van der Waals surface area (Å²) in [6.07, 6.45) is 6.99. The van der Waals surface area contributed by atoms with E-state index in [2.05, 4.69) is 51.1 Å². The minimum absolute atomic E-state index is 0.0394. The van der Waals surface area contributed by atoms with Gasteiger partial charge in [0, 0.05) is 37.6 Å². The first-order chi connectivity index (χ1) is 18.9. The van der Waals surface area contributed by atoms with E-state index in [0.29, 0.717) is 23.8 Å². The van der Waals surface area contributed by atoms with E-state index in [-0.39, 0.29) is 23.9 Å². The number of aliphatic hydroxyl groups is 1. The monoisotopic (exact) mass is 535 g/mol. The van der Waals surface area contributed by atoms with Crippen LogP contribution in [0.2, 0.25) is 0 Å². The van der Waals surface area contributed by atoms with Crippen LogP contribution >= 0.6 is 0 Å². The van der Waals surface area contributed by atoms with Gasteiger partial charge in [-0.25, -0.2) is 4.99 Å². The van der Waals surface area contributed by atoms with Crippen LogP contribution in [0.5, 0.6) is 0 Å². The lowest BCUT2D eigenvalue weighted by Gasteiger charge is -2.28. The average Bonchev–Trinajstić information content (AvgIpc) is 3.53. The van der Waals surface area contributed by atoms with Gasteiger partial charge in [0.15, 0.2) is 0 Å². The number of hydrogen-bond donors (Lipinski definition) is 3. The lowest BCUT2D eigenvalue weighted by atomic mass is 9.92. The fourth-order valence-corrected chi connectivity index (χ4v) is 6.74. The van der Waals surface area contributed by atoms with Crippen molar-refractivity contribution in [1.29, 1.82) is 0 Å². The fraction of sp³-hybridized carbons (Fsp3) is 0.613. The Morgan fingerprint density at radius 3 is 2.56 bits per heavy atom. The largest absolute Gasteiger partial charge is 0.393 e. The molecule has 2 aliphatic heterocycles. The van der Waals surface area contributed by atoms with Crippen molar-refractivity contribution >= 4 is 18.2 Å². The van der Waals surface area contributed by atoms with Gasteiger partial charge in [0.2, 0.25) is 0 Å². The summed E-state index contributed by atoms with van der Waals surface area (Å²) in [6.45, 7) is 14.1. The van der Waals surface area contributed by atoms with Crippen LogP contribution in [0.15, 0.2) is 46.7 Å². The predicted molar refractivity (Wildman–Crippen MR) is 155 cm³/mol. The number of amides is 1. The normalized spacial score (nSPS) is 30.4. The van der Waals surface area contributed by atoms with Crippen LogP contribution < -0.4 is 11.1 Å². The molecule has 4 aliphatic rings. The molecule has 2 saturated heterocycles. The van der Waals surface area contributed by atoms with Crippen LogP contribution in [0.3, 0.4) is 0 Å². The van der Waals surface area contributed by atoms with Crippen molar-refractivity contribution in [1.82, 2.24) is 15.1 Å². The van der Waals surface area contributed by atoms with Crippen LogP contribution in [0.4, 0.5) is 0 Å². The third-order valence-corrected chi connectivity index (χ3v) is 9.27. The maximum absolute atomic E-state index is 13.1. The van der Waals surface area contributed by atoms with Gasteiger partial charge in [-0.3, -0.25) is 9.69 Å². The number of morpholine rings is 1. The van der Waals surface area contributed by atoms with Crippen molar-refractivity contribution in [3.8, 4) is 0 Å². The molecule has 2 saturated carbocycles. The zero-order valence-electron chi connectivity index (χ0n) is 23.4. The van der Waals surface area contributed by atoms with Crippen LogP contribution in [0.1, 0.15) is 56.6 Å². The van der Waals surface area contributed by atoms with Gasteiger partial charge < -0.3 is 25.8 Å². The molecule has 0 spiro atoms. The third-order valence-electron chi connectivity index (χ3n) is 9.27. The van der Waals surface area contributed by atoms with Gasteiger partial charge in [-0.15, -0.1) is 0 Å². The second kappa shape index (κ2) is 12.3. The molecule has 4 fully saturated rings. The molecule has 1 aromatic rings. The fourth-order valence-electron chi connectivity index (χ4n) is 6.74. The number of hydrogen-bond acceptors (Lipinski definition) is 7. The van der Waals surface area contributed by atoms with Crippen molar-refractivity contribution in [2.45, 2.75) is 63.0 Å². The quantitative estimate of drug-likeness (QED) is 0.242. The molecule has 1 amide bonds. The molecule has 8 heteroatoms. The van der Waals surface area contributed by atoms with E-state index in [1.54, 1.807) is 0 Å². The standard InChI is InChI=1S/C31H45N5O3/c1-22(18-28(29(32)33-2)30(38)34-26-8-10-27(37)11-9-26)23-4-6-24(7-5-23)31-19-25(31)20-36(21-31)13-3-12-35-14-16-39-17-15-35/h4-7,18,25-27,37H,2-3,8-17,19-21,32H2,1H3,(H,34,38)/b22-18+,29-28+/t25-,26?,27?,31+/m0/s1. The molecule has 0 unspecified atom stereocenters. The highest BCUT2D eigenvalue weighted by atomic mass is 16.5. The first-order valence-electron chi connectivity index (χ1n) is 14.6. The van der Waals surface area contributed by atoms with Gasteiger partial charge in [-0.1, -0.05) is 24.3 Å². The molecule has 5 rings (SSSR count). The molecule has 2 heterocycles. The Hall–Kier alpha value is -2.52. The summed E-state index contributed by atoms with van der Waals surface area (Å²) in [4.78, 5) is 22.1. The van der Waals surface area contributed by atoms with E-state index in [4.69, 9.17) is 10.5 Å². The number of nitrogens with one attached hydrogen (secondary N) is 1. The summed E-state index contributed by atoms with van der Waals surface area (Å²) < 4.78 is 5.47. The van der Waals surface area contributed by atoms with Gasteiger partial charge >= 0.3 is 0 Å². The first-order valence-corrected chi connectivity index (χ1v) is 14.6. The number of fused-ring (bicyclic) bond motifs is 1. The number of likely N-dealkylation sites (tertiary alicyclic amines) is 1. The minimum Gasteiger partial charge on any atom is -0.393 e. The van der Waals surface area contributed by atoms with Crippen LogP contribution in [-0.2, 0) is 14.9 Å². The van der Waals surface area contributed by atoms with Gasteiger partial charge in [0.25, 0.3) is 5.91 Å². The van der Waals surface area contributed by atoms with Gasteiger partial charge in [-0.05, 0) is 93.9 Å². The number of piperidine rings is 1. The number of ether oxygens (including phenoxy) is 1. The number of rotatable bonds is 10. The van der Waals surface area contributed by atoms with Crippen molar-refractivity contribution in [2.24, 2.45) is 16.6 Å². The lowest BCUT2D eigenvalue weighted by molar-refractivity contribution is -0.118. The van der Waals surface area contributed by atoms with E-state index in [9.17, 15) is 9.90 Å². The summed E-state index contributed by atoms with van der Waals surface area (Å²) in [6, 6.07) is 8.92. The number of aliphatic imine (C=N–C) groups is 1. The summed E-state index contributed by atoms with van der Waals surface area (Å²) in [5.41, 5.74) is 10.2. The molecule has 0 radical (unpaired) electrons. The number of carbonyl (C=O) groups excluding carboxylic acids is 1. The molecule has 8 nitrogen and oxygen atoms in total. The molecule has 0 aromatic heterocycles. The van der Waals surface area contributed by atoms with Crippen molar-refractivity contribution in [2.75, 3.05) is 52.5 Å². The molecular formula is C31H45N5O3. The van der Waals surface area contributed by atoms with Crippen molar-refractivity contribution < 1.29 is 14.6 Å². The predicted octanol–water partition coefficient (Wildman–Crippen LogP) is 2.68. The van der Waals surface area contributed by atoms with Gasteiger partial charge in [0.1, 0.15) is 5.82 Å². The van der Waals surface area contributed by atoms with E-state index >= 15 is 0 Å². The SMILES string of the molecule is C=N/C(N)=C(\C=C(/C)c1ccc([C@]23C[C@H]2CN(CCCN2CCOCC2)C3)cc1)C(=O)NC1CCC(O)CC1. The minimum atomic E-state index is -0.267. The Bertz CT molecular complexity index is 1090. The summed E-state index contributed by atoms with van der Waals surface area (Å²) in [5, 5.41) is 12.8. The molecule has 2 atom stereocenters. The topological polar surface area (TPSA) is 103 Å². The molecule has 1 aromatic carbocycles. The second-order valence-corrected chi connectivity index (χ2v) is 11.9. The van der Waals surface area contributed by atoms with E-state index in [0.717, 1.165) is 62.7 Å². The Kier molecular flexibility index (Phi) is 8.86. The number of benzene rings is 1. The molecular weight excluding hydrogens is 490 g/mol. The zero-order valence-corrected chi connectivity index (χ0v) is 23.4. The average molecular weight is 536 g/mol. The Labute approximate surface area is 233 Å². The molecule has 39 heavy (non-hydrogen) atoms. The highest BCUT2D eigenvalue weighted by Crippen LogP contribution is 2.59. The number of allylic oxidation sites excluding steroid dienone is 1. The van der Waals surface area contributed by atoms with Crippen LogP contribution in [0.25, 0.3) is 5.57 Å². The van der Waals surface area contributed by atoms with Crippen molar-refractivity contribution in [3.05, 3.63) is 52.9 Å². The lowest BCUT2D eigenvalue weighted by Crippen LogP contribution is -2.39. The second-order valence-electron chi connectivity index (χ2n) is 11.9. The molecule has 212 valence electrons. The highest BCUT2D eigenvalue weighted by molar-refractivity contribution is 5.99. The van der Waals surface area contributed by atoms with E-state index in [1.165, 1.54) is 38.0 Å². The maximum Gasteiger partial charge on any atom is 0.255 e. The Morgan fingerprint density at radius 1 is 1.18 bits per heavy atom. The summed E-state index contributed by atoms with van der Waals surface area (Å²) >= 11 is 0. The van der Waals surface area contributed by atoms with Crippen LogP contribution in [-0.4, -0.2) is 92.2 Å². The van der Waals surface area contributed by atoms with Gasteiger partial charge in [-0.2, -0.15) is 0 Å². The Morgan fingerprint density at radius 2 is 1.87 bits per heavy atom. The van der Waals surface area contributed by atoms with E-state index in [1.807, 2.05) is 13.0 Å². The number of carbonyl (C=O) groups is 1. The number of nitrogens with zero attached hydrogens (tertiary/aromatic N) is 3. The number of aliphatic hydroxyl groups excluding tert-OH is 1. The molecule has 4 N–H and O–H groups in total. The Balaban J connectivity index is 1.18. The van der Waals surface area contributed by atoms with E-state index < -0.39 is 0 Å². The molecule has 0 bridgehead atoms. The maximum atomic E-state index is 13.1. The summed E-state index contributed by atoms with van der Waals surface area (Å²) in [7, 11) is 0. The van der Waals surface area contributed by atoms with Gasteiger partial charge in [0.05, 0.1) is 24.9 Å². The van der Waals surface area contributed by atoms with Crippen LogP contribution in [0, 0.1) is 5.92 Å². The number of nitrogens with two attached hydrogens (primary N) is 1. The summed E-state index contributed by atoms with van der Waals surface area (Å²) in [5.74, 6) is 0.649. The highest BCUT2D eigenvalue weighted by Gasteiger charge is 2.60. The van der Waals surface area contributed by atoms with Crippen molar-refractivity contribution in [3.63, 3.8) is 0 Å². The first kappa shape index (κ1) is 28.0. The smallest absolute Gasteiger partial charge is 0.255 e. The molecule has 2 aliphatic carbocycles.